The van der Waals surface area contributed by atoms with Crippen LogP contribution < -0.4 is 0 Å². The number of nitrogens with zero attached hydrogens (tertiary/aromatic N) is 2. The minimum atomic E-state index is -0.279. The van der Waals surface area contributed by atoms with Crippen molar-refractivity contribution in [2.24, 2.45) is 0 Å². The molecule has 4 heteroatoms. The van der Waals surface area contributed by atoms with Crippen LogP contribution in [0.15, 0.2) is 24.3 Å². The Labute approximate surface area is 92.4 Å². The average Bonchev–Trinajstić information content (AvgIpc) is 3.03. The minimum absolute atomic E-state index is 0.123. The Hall–Kier alpha value is -2.12. The molecular formula is C12H8N2O2. The Kier molecular flexibility index (Phi) is 1.68. The van der Waals surface area contributed by atoms with Gasteiger partial charge in [0.15, 0.2) is 0 Å². The fourth-order valence-electron chi connectivity index (χ4n) is 1.90. The van der Waals surface area contributed by atoms with Crippen molar-refractivity contribution in [3.63, 3.8) is 0 Å². The van der Waals surface area contributed by atoms with Gasteiger partial charge in [0.2, 0.25) is 0 Å². The normalized spacial score (nSPS) is 26.6. The van der Waals surface area contributed by atoms with E-state index < -0.39 is 0 Å². The fraction of sp³-hybridized carbons (Fsp3) is 0.167. The third-order valence-corrected chi connectivity index (χ3v) is 2.81. The molecule has 0 radical (unpaired) electrons. The highest BCUT2D eigenvalue weighted by Gasteiger charge is 2.48. The zero-order valence-corrected chi connectivity index (χ0v) is 8.38. The number of imide groups is 1. The van der Waals surface area contributed by atoms with Gasteiger partial charge in [0.25, 0.3) is 11.8 Å². The van der Waals surface area contributed by atoms with E-state index in [1.165, 1.54) is 0 Å². The SMILES string of the molecule is C#CC1CN1N1C(=O)c2ccccc2C1=O. The molecule has 0 N–H and O–H groups in total. The maximum absolute atomic E-state index is 11.9. The van der Waals surface area contributed by atoms with Crippen LogP contribution >= 0.6 is 0 Å². The third kappa shape index (κ3) is 1.03. The zero-order chi connectivity index (χ0) is 11.3. The Bertz CT molecular complexity index is 509. The van der Waals surface area contributed by atoms with E-state index in [4.69, 9.17) is 6.42 Å². The summed E-state index contributed by atoms with van der Waals surface area (Å²) in [5.74, 6) is 1.95. The number of terminal acetylenes is 1. The predicted octanol–water partition coefficient (Wildman–Crippen LogP) is 0.515. The van der Waals surface area contributed by atoms with E-state index in [0.717, 1.165) is 5.01 Å². The van der Waals surface area contributed by atoms with E-state index in [9.17, 15) is 9.59 Å². The van der Waals surface area contributed by atoms with Crippen LogP contribution in [0.3, 0.4) is 0 Å². The molecule has 0 aliphatic carbocycles. The van der Waals surface area contributed by atoms with Gasteiger partial charge in [0, 0.05) is 6.54 Å². The van der Waals surface area contributed by atoms with Crippen LogP contribution in [-0.2, 0) is 0 Å². The van der Waals surface area contributed by atoms with Gasteiger partial charge in [-0.25, -0.2) is 5.01 Å². The molecule has 0 spiro atoms. The van der Waals surface area contributed by atoms with Gasteiger partial charge < -0.3 is 0 Å². The zero-order valence-electron chi connectivity index (χ0n) is 8.38. The lowest BCUT2D eigenvalue weighted by atomic mass is 10.1. The molecule has 0 bridgehead atoms. The van der Waals surface area contributed by atoms with Crippen molar-refractivity contribution < 1.29 is 9.59 Å². The largest absolute Gasteiger partial charge is 0.276 e. The van der Waals surface area contributed by atoms with Crippen LogP contribution in [0.5, 0.6) is 0 Å². The Balaban J connectivity index is 2.00. The van der Waals surface area contributed by atoms with E-state index in [0.29, 0.717) is 17.7 Å². The lowest BCUT2D eigenvalue weighted by Gasteiger charge is -2.13. The van der Waals surface area contributed by atoms with E-state index in [-0.39, 0.29) is 17.9 Å². The summed E-state index contributed by atoms with van der Waals surface area (Å²) in [6, 6.07) is 6.68. The topological polar surface area (TPSA) is 40.4 Å². The lowest BCUT2D eigenvalue weighted by Crippen LogP contribution is -2.36. The van der Waals surface area contributed by atoms with E-state index in [2.05, 4.69) is 5.92 Å². The minimum Gasteiger partial charge on any atom is -0.267 e. The second-order valence-corrected chi connectivity index (χ2v) is 3.77. The number of carbonyl (C=O) groups excluding carboxylic acids is 2. The highest BCUT2D eigenvalue weighted by molar-refractivity contribution is 6.21. The van der Waals surface area contributed by atoms with Crippen LogP contribution in [0.25, 0.3) is 0 Å². The van der Waals surface area contributed by atoms with Crippen molar-refractivity contribution in [3.8, 4) is 12.3 Å². The summed E-state index contributed by atoms with van der Waals surface area (Å²) < 4.78 is 0. The summed E-state index contributed by atoms with van der Waals surface area (Å²) in [5.41, 5.74) is 0.908. The molecule has 4 nitrogen and oxygen atoms in total. The second-order valence-electron chi connectivity index (χ2n) is 3.77. The third-order valence-electron chi connectivity index (χ3n) is 2.81. The molecule has 2 amide bonds. The van der Waals surface area contributed by atoms with Gasteiger partial charge in [-0.1, -0.05) is 18.1 Å². The van der Waals surface area contributed by atoms with Gasteiger partial charge in [-0.3, -0.25) is 9.59 Å². The number of hydrogen-bond donors (Lipinski definition) is 0. The number of rotatable bonds is 1. The van der Waals surface area contributed by atoms with E-state index in [1.54, 1.807) is 29.3 Å². The molecule has 0 aromatic heterocycles. The summed E-state index contributed by atoms with van der Waals surface area (Å²) >= 11 is 0. The molecule has 1 fully saturated rings. The summed E-state index contributed by atoms with van der Waals surface area (Å²) in [6.07, 6.45) is 5.25. The molecule has 1 saturated heterocycles. The summed E-state index contributed by atoms with van der Waals surface area (Å²) in [7, 11) is 0. The molecule has 78 valence electrons. The highest BCUT2D eigenvalue weighted by atomic mass is 16.2. The first kappa shape index (κ1) is 9.13. The smallest absolute Gasteiger partial charge is 0.267 e. The van der Waals surface area contributed by atoms with Crippen molar-refractivity contribution in [2.45, 2.75) is 6.04 Å². The van der Waals surface area contributed by atoms with Crippen molar-refractivity contribution in [2.75, 3.05) is 6.54 Å². The first-order chi connectivity index (χ1) is 7.74. The van der Waals surface area contributed by atoms with E-state index >= 15 is 0 Å². The van der Waals surface area contributed by atoms with Crippen LogP contribution in [0.2, 0.25) is 0 Å². The van der Waals surface area contributed by atoms with Crippen molar-refractivity contribution in [3.05, 3.63) is 35.4 Å². The Morgan fingerprint density at radius 3 is 2.19 bits per heavy atom. The second kappa shape index (κ2) is 2.94. The molecule has 16 heavy (non-hydrogen) atoms. The molecule has 1 aromatic rings. The van der Waals surface area contributed by atoms with Crippen molar-refractivity contribution >= 4 is 11.8 Å². The Morgan fingerprint density at radius 1 is 1.19 bits per heavy atom. The number of carbonyl (C=O) groups is 2. The van der Waals surface area contributed by atoms with Crippen LogP contribution in [0.1, 0.15) is 20.7 Å². The molecule has 2 unspecified atom stereocenters. The number of fused-ring (bicyclic) bond motifs is 1. The van der Waals surface area contributed by atoms with Crippen molar-refractivity contribution in [1.29, 1.82) is 0 Å². The average molecular weight is 212 g/mol. The summed E-state index contributed by atoms with van der Waals surface area (Å²) in [6.45, 7) is 0.571. The molecule has 2 heterocycles. The molecule has 2 aliphatic rings. The van der Waals surface area contributed by atoms with Gasteiger partial charge in [0.1, 0.15) is 6.04 Å². The summed E-state index contributed by atoms with van der Waals surface area (Å²) in [5, 5.41) is 2.75. The predicted molar refractivity (Wildman–Crippen MR) is 56.3 cm³/mol. The number of amides is 2. The Morgan fingerprint density at radius 2 is 1.75 bits per heavy atom. The van der Waals surface area contributed by atoms with Gasteiger partial charge in [-0.15, -0.1) is 6.42 Å². The molecule has 2 atom stereocenters. The molecule has 3 rings (SSSR count). The molecule has 0 saturated carbocycles. The molecule has 2 aliphatic heterocycles. The maximum Gasteiger partial charge on any atom is 0.276 e. The van der Waals surface area contributed by atoms with Gasteiger partial charge in [0.05, 0.1) is 11.1 Å². The van der Waals surface area contributed by atoms with Gasteiger partial charge in [-0.2, -0.15) is 5.01 Å². The monoisotopic (exact) mass is 212 g/mol. The summed E-state index contributed by atoms with van der Waals surface area (Å²) in [4.78, 5) is 23.9. The highest BCUT2D eigenvalue weighted by Crippen LogP contribution is 2.30. The van der Waals surface area contributed by atoms with Crippen LogP contribution in [-0.4, -0.2) is 34.4 Å². The number of benzene rings is 1. The first-order valence-corrected chi connectivity index (χ1v) is 4.94. The number of hydrazine groups is 1. The maximum atomic E-state index is 11.9. The molecule has 1 aromatic carbocycles. The van der Waals surface area contributed by atoms with E-state index in [1.807, 2.05) is 0 Å². The first-order valence-electron chi connectivity index (χ1n) is 4.94. The van der Waals surface area contributed by atoms with Crippen LogP contribution in [0, 0.1) is 12.3 Å². The lowest BCUT2D eigenvalue weighted by molar-refractivity contribution is 0.0385. The van der Waals surface area contributed by atoms with Gasteiger partial charge in [-0.05, 0) is 12.1 Å². The van der Waals surface area contributed by atoms with Gasteiger partial charge >= 0.3 is 0 Å². The van der Waals surface area contributed by atoms with Crippen molar-refractivity contribution in [1.82, 2.24) is 10.0 Å². The number of hydrogen-bond acceptors (Lipinski definition) is 3. The molecular weight excluding hydrogens is 204 g/mol. The van der Waals surface area contributed by atoms with Crippen LogP contribution in [0.4, 0.5) is 0 Å². The standard InChI is InChI=1S/C12H8N2O2/c1-2-8-7-13(8)14-11(15)9-5-3-4-6-10(9)12(14)16/h1,3-6,8H,7H2. The quantitative estimate of drug-likeness (QED) is 0.387. The fourth-order valence-corrected chi connectivity index (χ4v) is 1.90.